The van der Waals surface area contributed by atoms with Gasteiger partial charge in [-0.1, -0.05) is 17.7 Å². The third-order valence-electron chi connectivity index (χ3n) is 2.52. The van der Waals surface area contributed by atoms with Crippen LogP contribution in [0.2, 0.25) is 5.02 Å². The summed E-state index contributed by atoms with van der Waals surface area (Å²) in [5.41, 5.74) is 7.45. The van der Waals surface area contributed by atoms with E-state index >= 15 is 0 Å². The number of nitrogens with one attached hydrogen (secondary N) is 1. The molecule has 0 bridgehead atoms. The van der Waals surface area contributed by atoms with Gasteiger partial charge in [-0.05, 0) is 36.4 Å². The summed E-state index contributed by atoms with van der Waals surface area (Å²) in [7, 11) is 0. The number of anilines is 2. The third kappa shape index (κ3) is 3.03. The fraction of sp³-hybridized carbons (Fsp3) is 0. The van der Waals surface area contributed by atoms with Gasteiger partial charge in [0.25, 0.3) is 5.91 Å². The highest BCUT2D eigenvalue weighted by molar-refractivity contribution is 6.31. The van der Waals surface area contributed by atoms with Crippen LogP contribution in [0.4, 0.5) is 11.4 Å². The molecule has 5 heteroatoms. The zero-order chi connectivity index (χ0) is 13.8. The average molecular weight is 272 g/mol. The minimum atomic E-state index is -0.307. The lowest BCUT2D eigenvalue weighted by atomic mass is 10.1. The molecule has 0 saturated carbocycles. The number of nitriles is 1. The number of carbonyl (C=O) groups is 1. The first-order chi connectivity index (χ1) is 9.10. The van der Waals surface area contributed by atoms with E-state index in [-0.39, 0.29) is 5.91 Å². The van der Waals surface area contributed by atoms with E-state index in [4.69, 9.17) is 22.6 Å². The Kier molecular flexibility index (Phi) is 3.69. The van der Waals surface area contributed by atoms with Crippen molar-refractivity contribution in [3.8, 4) is 6.07 Å². The number of hydrogen-bond donors (Lipinski definition) is 2. The summed E-state index contributed by atoms with van der Waals surface area (Å²) in [6.45, 7) is 0. The Morgan fingerprint density at radius 1 is 1.26 bits per heavy atom. The molecule has 0 heterocycles. The van der Waals surface area contributed by atoms with Gasteiger partial charge in [0, 0.05) is 10.6 Å². The number of hydrogen-bond acceptors (Lipinski definition) is 3. The SMILES string of the molecule is N#Cc1ccc(NC(=O)c2cccc(Cl)c2)c(N)c1. The minimum absolute atomic E-state index is 0.307. The molecule has 94 valence electrons. The Morgan fingerprint density at radius 2 is 2.05 bits per heavy atom. The molecular weight excluding hydrogens is 262 g/mol. The van der Waals surface area contributed by atoms with Gasteiger partial charge in [-0.3, -0.25) is 4.79 Å². The van der Waals surface area contributed by atoms with Crippen molar-refractivity contribution in [3.05, 3.63) is 58.6 Å². The second kappa shape index (κ2) is 5.42. The molecule has 2 aromatic rings. The van der Waals surface area contributed by atoms with Crippen LogP contribution in [0.5, 0.6) is 0 Å². The maximum Gasteiger partial charge on any atom is 0.255 e. The highest BCUT2D eigenvalue weighted by atomic mass is 35.5. The van der Waals surface area contributed by atoms with Crippen LogP contribution in [0.25, 0.3) is 0 Å². The number of benzene rings is 2. The lowest BCUT2D eigenvalue weighted by Gasteiger charge is -2.08. The standard InChI is InChI=1S/C14H10ClN3O/c15-11-3-1-2-10(7-11)14(19)18-13-5-4-9(8-16)6-12(13)17/h1-7H,17H2,(H,18,19). The minimum Gasteiger partial charge on any atom is -0.397 e. The van der Waals surface area contributed by atoms with Gasteiger partial charge < -0.3 is 11.1 Å². The Balaban J connectivity index is 2.22. The predicted octanol–water partition coefficient (Wildman–Crippen LogP) is 3.05. The van der Waals surface area contributed by atoms with E-state index in [1.54, 1.807) is 36.4 Å². The summed E-state index contributed by atoms with van der Waals surface area (Å²) in [6.07, 6.45) is 0. The molecule has 0 fully saturated rings. The van der Waals surface area contributed by atoms with Crippen molar-refractivity contribution in [1.82, 2.24) is 0 Å². The van der Waals surface area contributed by atoms with Crippen molar-refractivity contribution < 1.29 is 4.79 Å². The van der Waals surface area contributed by atoms with E-state index in [9.17, 15) is 4.79 Å². The highest BCUT2D eigenvalue weighted by Crippen LogP contribution is 2.21. The van der Waals surface area contributed by atoms with Crippen molar-refractivity contribution >= 4 is 28.9 Å². The van der Waals surface area contributed by atoms with Gasteiger partial charge in [-0.2, -0.15) is 5.26 Å². The Bertz CT molecular complexity index is 677. The number of nitrogen functional groups attached to an aromatic ring is 1. The number of carbonyl (C=O) groups excluding carboxylic acids is 1. The topological polar surface area (TPSA) is 78.9 Å². The maximum atomic E-state index is 12.0. The molecule has 0 unspecified atom stereocenters. The molecule has 0 saturated heterocycles. The van der Waals surface area contributed by atoms with E-state index in [1.165, 1.54) is 6.07 Å². The second-order valence-electron chi connectivity index (χ2n) is 3.88. The van der Waals surface area contributed by atoms with Crippen molar-refractivity contribution in [2.24, 2.45) is 0 Å². The highest BCUT2D eigenvalue weighted by Gasteiger charge is 2.08. The molecular formula is C14H10ClN3O. The zero-order valence-corrected chi connectivity index (χ0v) is 10.6. The van der Waals surface area contributed by atoms with E-state index < -0.39 is 0 Å². The number of amides is 1. The molecule has 0 aliphatic carbocycles. The fourth-order valence-electron chi connectivity index (χ4n) is 1.57. The van der Waals surface area contributed by atoms with Gasteiger partial charge in [0.05, 0.1) is 23.0 Å². The van der Waals surface area contributed by atoms with E-state index in [0.29, 0.717) is 27.5 Å². The summed E-state index contributed by atoms with van der Waals surface area (Å²) in [5.74, 6) is -0.307. The van der Waals surface area contributed by atoms with Crippen LogP contribution in [-0.2, 0) is 0 Å². The number of halogens is 1. The molecule has 0 aliphatic heterocycles. The summed E-state index contributed by atoms with van der Waals surface area (Å²) >= 11 is 5.82. The molecule has 0 aliphatic rings. The van der Waals surface area contributed by atoms with Crippen LogP contribution in [0, 0.1) is 11.3 Å². The largest absolute Gasteiger partial charge is 0.397 e. The van der Waals surface area contributed by atoms with Gasteiger partial charge in [-0.25, -0.2) is 0 Å². The average Bonchev–Trinajstić information content (AvgIpc) is 2.41. The molecule has 0 atom stereocenters. The summed E-state index contributed by atoms with van der Waals surface area (Å²) < 4.78 is 0. The molecule has 2 aromatic carbocycles. The Labute approximate surface area is 115 Å². The van der Waals surface area contributed by atoms with Crippen LogP contribution in [0.1, 0.15) is 15.9 Å². The normalized spacial score (nSPS) is 9.68. The summed E-state index contributed by atoms with van der Waals surface area (Å²) in [4.78, 5) is 12.0. The summed E-state index contributed by atoms with van der Waals surface area (Å²) in [6, 6.07) is 13.3. The molecule has 3 N–H and O–H groups in total. The van der Waals surface area contributed by atoms with Crippen LogP contribution in [-0.4, -0.2) is 5.91 Å². The monoisotopic (exact) mass is 271 g/mol. The predicted molar refractivity (Wildman–Crippen MR) is 75.0 cm³/mol. The quantitative estimate of drug-likeness (QED) is 0.824. The van der Waals surface area contributed by atoms with Crippen molar-refractivity contribution in [1.29, 1.82) is 5.26 Å². The van der Waals surface area contributed by atoms with E-state index in [2.05, 4.69) is 5.32 Å². The van der Waals surface area contributed by atoms with Crippen molar-refractivity contribution in [3.63, 3.8) is 0 Å². The van der Waals surface area contributed by atoms with Gasteiger partial charge in [0.2, 0.25) is 0 Å². The van der Waals surface area contributed by atoms with Crippen LogP contribution < -0.4 is 11.1 Å². The fourth-order valence-corrected chi connectivity index (χ4v) is 1.76. The van der Waals surface area contributed by atoms with E-state index in [1.807, 2.05) is 6.07 Å². The van der Waals surface area contributed by atoms with Gasteiger partial charge in [-0.15, -0.1) is 0 Å². The zero-order valence-electron chi connectivity index (χ0n) is 9.85. The lowest BCUT2D eigenvalue weighted by Crippen LogP contribution is -2.13. The smallest absolute Gasteiger partial charge is 0.255 e. The molecule has 2 rings (SSSR count). The Morgan fingerprint density at radius 3 is 2.68 bits per heavy atom. The first-order valence-corrected chi connectivity index (χ1v) is 5.84. The Hall–Kier alpha value is -2.51. The van der Waals surface area contributed by atoms with Crippen LogP contribution >= 0.6 is 11.6 Å². The molecule has 19 heavy (non-hydrogen) atoms. The second-order valence-corrected chi connectivity index (χ2v) is 4.31. The first-order valence-electron chi connectivity index (χ1n) is 5.46. The molecule has 1 amide bonds. The van der Waals surface area contributed by atoms with Crippen LogP contribution in [0.15, 0.2) is 42.5 Å². The van der Waals surface area contributed by atoms with E-state index in [0.717, 1.165) is 0 Å². The maximum absolute atomic E-state index is 12.0. The molecule has 4 nitrogen and oxygen atoms in total. The molecule has 0 spiro atoms. The lowest BCUT2D eigenvalue weighted by molar-refractivity contribution is 0.102. The first kappa shape index (κ1) is 12.9. The number of rotatable bonds is 2. The number of nitrogens with two attached hydrogens (primary N) is 1. The van der Waals surface area contributed by atoms with Crippen LogP contribution in [0.3, 0.4) is 0 Å². The van der Waals surface area contributed by atoms with Gasteiger partial charge in [0.15, 0.2) is 0 Å². The van der Waals surface area contributed by atoms with Gasteiger partial charge >= 0.3 is 0 Å². The molecule has 0 aromatic heterocycles. The number of nitrogens with zero attached hydrogens (tertiary/aromatic N) is 1. The van der Waals surface area contributed by atoms with Crippen molar-refractivity contribution in [2.75, 3.05) is 11.1 Å². The van der Waals surface area contributed by atoms with Crippen molar-refractivity contribution in [2.45, 2.75) is 0 Å². The third-order valence-corrected chi connectivity index (χ3v) is 2.75. The molecule has 0 radical (unpaired) electrons. The van der Waals surface area contributed by atoms with Gasteiger partial charge in [0.1, 0.15) is 0 Å². The summed E-state index contributed by atoms with van der Waals surface area (Å²) in [5, 5.41) is 11.9.